The van der Waals surface area contributed by atoms with Crippen LogP contribution in [0.15, 0.2) is 30.3 Å². The van der Waals surface area contributed by atoms with Crippen LogP contribution < -0.4 is 0 Å². The minimum atomic E-state index is -0.584. The first-order valence-corrected chi connectivity index (χ1v) is 12.2. The van der Waals surface area contributed by atoms with Crippen molar-refractivity contribution < 1.29 is 33.2 Å². The van der Waals surface area contributed by atoms with Gasteiger partial charge in [-0.1, -0.05) is 31.0 Å². The molecule has 2 saturated carbocycles. The lowest BCUT2D eigenvalue weighted by Gasteiger charge is -2.36. The van der Waals surface area contributed by atoms with Crippen molar-refractivity contribution in [3.63, 3.8) is 0 Å². The van der Waals surface area contributed by atoms with Crippen LogP contribution in [-0.4, -0.2) is 54.9 Å². The molecule has 5 atom stereocenters. The third kappa shape index (κ3) is 3.78. The lowest BCUT2D eigenvalue weighted by molar-refractivity contribution is -0.254. The Hall–Kier alpha value is -1.51. The molecule has 0 amide bonds. The second-order valence-electron chi connectivity index (χ2n) is 9.82. The molecule has 5 fully saturated rings. The molecule has 1 aromatic carbocycles. The maximum Gasteiger partial charge on any atom is 0.338 e. The minimum Gasteiger partial charge on any atom is -0.459 e. The Morgan fingerprint density at radius 3 is 2.06 bits per heavy atom. The summed E-state index contributed by atoms with van der Waals surface area (Å²) in [5.41, 5.74) is 0.520. The lowest BCUT2D eigenvalue weighted by Crippen LogP contribution is -2.56. The summed E-state index contributed by atoms with van der Waals surface area (Å²) in [7, 11) is 0. The number of ether oxygens (including phenoxy) is 6. The van der Waals surface area contributed by atoms with E-state index in [0.29, 0.717) is 5.56 Å². The van der Waals surface area contributed by atoms with Crippen LogP contribution in [0.2, 0.25) is 0 Å². The van der Waals surface area contributed by atoms with Gasteiger partial charge in [0, 0.05) is 25.7 Å². The van der Waals surface area contributed by atoms with Gasteiger partial charge in [0.2, 0.25) is 0 Å². The number of hydrogen-bond acceptors (Lipinski definition) is 7. The number of carbonyl (C=O) groups is 1. The van der Waals surface area contributed by atoms with Crippen LogP contribution in [0.4, 0.5) is 0 Å². The molecule has 0 bridgehead atoms. The van der Waals surface area contributed by atoms with Gasteiger partial charge in [-0.15, -0.1) is 0 Å². The Morgan fingerprint density at radius 2 is 1.38 bits per heavy atom. The highest BCUT2D eigenvalue weighted by atomic mass is 16.9. The number of esters is 1. The molecule has 7 nitrogen and oxygen atoms in total. The van der Waals surface area contributed by atoms with Gasteiger partial charge in [-0.2, -0.15) is 0 Å². The molecule has 3 heterocycles. The Labute approximate surface area is 188 Å². The highest BCUT2D eigenvalue weighted by Crippen LogP contribution is 2.50. The van der Waals surface area contributed by atoms with Gasteiger partial charge in [-0.25, -0.2) is 4.79 Å². The van der Waals surface area contributed by atoms with Crippen molar-refractivity contribution in [3.05, 3.63) is 35.9 Å². The summed E-state index contributed by atoms with van der Waals surface area (Å²) in [6.45, 7) is 0.0912. The average molecular weight is 445 g/mol. The van der Waals surface area contributed by atoms with E-state index in [9.17, 15) is 4.79 Å². The van der Waals surface area contributed by atoms with Crippen molar-refractivity contribution in [3.8, 4) is 0 Å². The molecule has 2 aliphatic carbocycles. The number of rotatable bonds is 3. The molecule has 2 spiro atoms. The third-order valence-electron chi connectivity index (χ3n) is 7.59. The first-order valence-electron chi connectivity index (χ1n) is 12.2. The summed E-state index contributed by atoms with van der Waals surface area (Å²) in [6, 6.07) is 9.01. The number of fused-ring (bicyclic) bond motifs is 3. The van der Waals surface area contributed by atoms with Crippen LogP contribution in [0.5, 0.6) is 0 Å². The van der Waals surface area contributed by atoms with E-state index in [0.717, 1.165) is 51.4 Å². The normalized spacial score (nSPS) is 37.2. The molecule has 3 aliphatic heterocycles. The van der Waals surface area contributed by atoms with E-state index >= 15 is 0 Å². The third-order valence-corrected chi connectivity index (χ3v) is 7.59. The molecule has 0 unspecified atom stereocenters. The highest BCUT2D eigenvalue weighted by molar-refractivity contribution is 5.89. The number of benzene rings is 1. The van der Waals surface area contributed by atoms with Crippen molar-refractivity contribution >= 4 is 5.97 Å². The summed E-state index contributed by atoms with van der Waals surface area (Å²) < 4.78 is 38.1. The van der Waals surface area contributed by atoms with E-state index in [1.807, 2.05) is 18.2 Å². The van der Waals surface area contributed by atoms with Crippen LogP contribution in [-0.2, 0) is 28.4 Å². The van der Waals surface area contributed by atoms with E-state index in [1.54, 1.807) is 12.1 Å². The predicted molar refractivity (Wildman–Crippen MR) is 113 cm³/mol. The smallest absolute Gasteiger partial charge is 0.338 e. The van der Waals surface area contributed by atoms with Crippen molar-refractivity contribution in [2.75, 3.05) is 6.61 Å². The Balaban J connectivity index is 1.21. The Morgan fingerprint density at radius 1 is 0.781 bits per heavy atom. The molecule has 3 saturated heterocycles. The quantitative estimate of drug-likeness (QED) is 0.650. The molecule has 6 rings (SSSR count). The Kier molecular flexibility index (Phi) is 5.50. The molecule has 32 heavy (non-hydrogen) atoms. The molecule has 1 aromatic rings. The zero-order valence-electron chi connectivity index (χ0n) is 18.4. The van der Waals surface area contributed by atoms with Crippen LogP contribution in [0.3, 0.4) is 0 Å². The van der Waals surface area contributed by atoms with Crippen molar-refractivity contribution in [2.24, 2.45) is 0 Å². The van der Waals surface area contributed by atoms with Crippen molar-refractivity contribution in [2.45, 2.75) is 106 Å². The fourth-order valence-corrected chi connectivity index (χ4v) is 5.99. The fraction of sp³-hybridized carbons (Fsp3) is 0.720. The standard InChI is InChI=1S/C25H32O7/c26-22(17-10-4-1-5-11-17)27-16-18-19-20(30-24(29-19)12-6-2-7-13-24)21-23(28-18)32-25(31-21)14-8-3-9-15-25/h1,4-5,10-11,18-21,23H,2-3,6-9,12-16H2/t18-,19-,20+,21-,23+/m1/s1. The second kappa shape index (κ2) is 8.37. The van der Waals surface area contributed by atoms with Gasteiger partial charge in [0.05, 0.1) is 5.56 Å². The molecule has 0 aromatic heterocycles. The van der Waals surface area contributed by atoms with Gasteiger partial charge in [0.25, 0.3) is 0 Å². The van der Waals surface area contributed by atoms with Gasteiger partial charge in [-0.05, 0) is 37.8 Å². The van der Waals surface area contributed by atoms with Gasteiger partial charge in [0.1, 0.15) is 31.0 Å². The largest absolute Gasteiger partial charge is 0.459 e. The van der Waals surface area contributed by atoms with Gasteiger partial charge >= 0.3 is 5.97 Å². The van der Waals surface area contributed by atoms with E-state index < -0.39 is 24.0 Å². The minimum absolute atomic E-state index is 0.0912. The van der Waals surface area contributed by atoms with E-state index in [2.05, 4.69) is 0 Å². The van der Waals surface area contributed by atoms with Crippen LogP contribution in [0, 0.1) is 0 Å². The summed E-state index contributed by atoms with van der Waals surface area (Å²) in [4.78, 5) is 12.5. The molecular formula is C25H32O7. The van der Waals surface area contributed by atoms with Gasteiger partial charge < -0.3 is 28.4 Å². The van der Waals surface area contributed by atoms with Crippen LogP contribution in [0.1, 0.15) is 74.6 Å². The maximum atomic E-state index is 12.5. The summed E-state index contributed by atoms with van der Waals surface area (Å²) in [5.74, 6) is -1.54. The van der Waals surface area contributed by atoms with Crippen LogP contribution >= 0.6 is 0 Å². The SMILES string of the molecule is O=C(OC[C@H]1O[C@H]2OC3(CCCCC3)O[C@@H]2[C@H]2OC3(CCCCC3)O[C@@H]21)c1ccccc1. The molecular weight excluding hydrogens is 412 g/mol. The van der Waals surface area contributed by atoms with E-state index in [1.165, 1.54) is 12.8 Å². The first-order chi connectivity index (χ1) is 15.7. The van der Waals surface area contributed by atoms with E-state index in [4.69, 9.17) is 28.4 Å². The average Bonchev–Trinajstić information content (AvgIpc) is 3.37. The maximum absolute atomic E-state index is 12.5. The number of carbonyl (C=O) groups excluding carboxylic acids is 1. The van der Waals surface area contributed by atoms with Gasteiger partial charge in [-0.3, -0.25) is 0 Å². The fourth-order valence-electron chi connectivity index (χ4n) is 5.99. The summed E-state index contributed by atoms with van der Waals surface area (Å²) in [5, 5.41) is 0. The number of hydrogen-bond donors (Lipinski definition) is 0. The molecule has 0 radical (unpaired) electrons. The topological polar surface area (TPSA) is 72.5 Å². The zero-order valence-corrected chi connectivity index (χ0v) is 18.4. The van der Waals surface area contributed by atoms with E-state index in [-0.39, 0.29) is 30.9 Å². The zero-order chi connectivity index (χ0) is 21.6. The predicted octanol–water partition coefficient (Wildman–Crippen LogP) is 4.09. The lowest BCUT2D eigenvalue weighted by atomic mass is 9.94. The first kappa shape index (κ1) is 21.1. The molecule has 0 N–H and O–H groups in total. The highest BCUT2D eigenvalue weighted by Gasteiger charge is 2.64. The van der Waals surface area contributed by atoms with Crippen molar-refractivity contribution in [1.82, 2.24) is 0 Å². The second-order valence-corrected chi connectivity index (χ2v) is 9.82. The molecule has 7 heteroatoms. The summed E-state index contributed by atoms with van der Waals surface area (Å²) in [6.07, 6.45) is 8.32. The monoisotopic (exact) mass is 444 g/mol. The Bertz CT molecular complexity index is 815. The van der Waals surface area contributed by atoms with Gasteiger partial charge in [0.15, 0.2) is 17.9 Å². The molecule has 174 valence electrons. The molecule has 5 aliphatic rings. The van der Waals surface area contributed by atoms with Crippen LogP contribution in [0.25, 0.3) is 0 Å². The summed E-state index contributed by atoms with van der Waals surface area (Å²) >= 11 is 0. The van der Waals surface area contributed by atoms with Crippen molar-refractivity contribution in [1.29, 1.82) is 0 Å².